The first-order valence-corrected chi connectivity index (χ1v) is 13.7. The number of rotatable bonds is 6. The molecule has 0 saturated carbocycles. The van der Waals surface area contributed by atoms with E-state index in [-0.39, 0.29) is 34.6 Å². The summed E-state index contributed by atoms with van der Waals surface area (Å²) in [4.78, 5) is 26.0. The van der Waals surface area contributed by atoms with Crippen molar-refractivity contribution < 1.29 is 31.7 Å². The topological polar surface area (TPSA) is 96.0 Å². The number of hydrogen-bond donors (Lipinski definition) is 0. The highest BCUT2D eigenvalue weighted by Crippen LogP contribution is 2.49. The van der Waals surface area contributed by atoms with E-state index in [2.05, 4.69) is 0 Å². The number of halogens is 1. The maximum Gasteiger partial charge on any atom is 0.339 e. The Bertz CT molecular complexity index is 1360. The average molecular weight is 529 g/mol. The van der Waals surface area contributed by atoms with Gasteiger partial charge in [0.2, 0.25) is 0 Å². The van der Waals surface area contributed by atoms with Crippen molar-refractivity contribution >= 4 is 33.3 Å². The number of allylic oxidation sites excluding steroid dienone is 4. The molecule has 2 aromatic rings. The Labute approximate surface area is 214 Å². The zero-order valence-corrected chi connectivity index (χ0v) is 21.3. The highest BCUT2D eigenvalue weighted by atomic mass is 35.5. The third-order valence-electron chi connectivity index (χ3n) is 6.54. The van der Waals surface area contributed by atoms with Crippen molar-refractivity contribution in [1.29, 1.82) is 0 Å². The summed E-state index contributed by atoms with van der Waals surface area (Å²) >= 11 is 5.88. The van der Waals surface area contributed by atoms with Crippen molar-refractivity contribution in [1.82, 2.24) is 0 Å². The number of carbonyl (C=O) groups is 2. The van der Waals surface area contributed by atoms with Gasteiger partial charge in [-0.05, 0) is 61.7 Å². The van der Waals surface area contributed by atoms with Crippen molar-refractivity contribution in [3.8, 4) is 11.5 Å². The molecule has 1 heterocycles. The average Bonchev–Trinajstić information content (AvgIpc) is 2.84. The Hall–Kier alpha value is -3.10. The van der Waals surface area contributed by atoms with E-state index in [9.17, 15) is 18.0 Å². The first-order chi connectivity index (χ1) is 17.3. The lowest BCUT2D eigenvalue weighted by atomic mass is 9.73. The summed E-state index contributed by atoms with van der Waals surface area (Å²) in [5, 5.41) is 0.404. The fourth-order valence-corrected chi connectivity index (χ4v) is 6.03. The van der Waals surface area contributed by atoms with Gasteiger partial charge in [0.25, 0.3) is 0 Å². The van der Waals surface area contributed by atoms with Crippen LogP contribution in [0.15, 0.2) is 70.0 Å². The van der Waals surface area contributed by atoms with Crippen LogP contribution in [-0.4, -0.2) is 26.6 Å². The quantitative estimate of drug-likeness (QED) is 0.448. The zero-order chi connectivity index (χ0) is 25.4. The molecule has 0 radical (unpaired) electrons. The summed E-state index contributed by atoms with van der Waals surface area (Å²) in [6.45, 7) is 2.03. The fourth-order valence-electron chi connectivity index (χ4n) is 4.96. The Morgan fingerprint density at radius 1 is 0.889 bits per heavy atom. The molecule has 0 bridgehead atoms. The van der Waals surface area contributed by atoms with Crippen LogP contribution in [0.4, 0.5) is 0 Å². The summed E-state index contributed by atoms with van der Waals surface area (Å²) in [6, 6.07) is 10.5. The minimum atomic E-state index is -4.15. The summed E-state index contributed by atoms with van der Waals surface area (Å²) < 4.78 is 43.0. The van der Waals surface area contributed by atoms with Crippen LogP contribution in [0.1, 0.15) is 56.9 Å². The minimum absolute atomic E-state index is 0.0101. The maximum absolute atomic E-state index is 13.0. The Balaban J connectivity index is 1.58. The van der Waals surface area contributed by atoms with E-state index in [1.54, 1.807) is 19.1 Å². The summed E-state index contributed by atoms with van der Waals surface area (Å²) in [7, 11) is -4.15. The molecule has 0 fully saturated rings. The van der Waals surface area contributed by atoms with Gasteiger partial charge < -0.3 is 13.7 Å². The number of benzene rings is 2. The van der Waals surface area contributed by atoms with E-state index < -0.39 is 16.0 Å². The van der Waals surface area contributed by atoms with Crippen LogP contribution in [0.3, 0.4) is 0 Å². The van der Waals surface area contributed by atoms with Gasteiger partial charge in [-0.2, -0.15) is 8.42 Å². The minimum Gasteiger partial charge on any atom is -0.490 e. The van der Waals surface area contributed by atoms with Gasteiger partial charge in [0.15, 0.2) is 23.1 Å². The monoisotopic (exact) mass is 528 g/mol. The molecule has 0 saturated heterocycles. The maximum atomic E-state index is 13.0. The van der Waals surface area contributed by atoms with Crippen molar-refractivity contribution in [2.75, 3.05) is 6.61 Å². The molecule has 5 rings (SSSR count). The van der Waals surface area contributed by atoms with Gasteiger partial charge in [0.1, 0.15) is 16.4 Å². The summed E-state index contributed by atoms with van der Waals surface area (Å²) in [6.07, 6.45) is 3.49. The van der Waals surface area contributed by atoms with Gasteiger partial charge in [-0.25, -0.2) is 0 Å². The largest absolute Gasteiger partial charge is 0.490 e. The third-order valence-corrected chi connectivity index (χ3v) is 8.04. The molecule has 0 aromatic heterocycles. The Morgan fingerprint density at radius 3 is 2.08 bits per heavy atom. The predicted molar refractivity (Wildman–Crippen MR) is 132 cm³/mol. The molecule has 3 aliphatic rings. The fraction of sp³-hybridized carbons (Fsp3) is 0.333. The molecule has 2 aliphatic carbocycles. The molecular formula is C27H25ClO7S. The predicted octanol–water partition coefficient (Wildman–Crippen LogP) is 5.63. The van der Waals surface area contributed by atoms with E-state index in [4.69, 9.17) is 25.3 Å². The molecule has 7 nitrogen and oxygen atoms in total. The number of carbonyl (C=O) groups excluding carboxylic acids is 2. The van der Waals surface area contributed by atoms with Crippen LogP contribution in [0.25, 0.3) is 0 Å². The van der Waals surface area contributed by atoms with Gasteiger partial charge in [-0.3, -0.25) is 9.59 Å². The van der Waals surface area contributed by atoms with E-state index in [0.717, 1.165) is 0 Å². The van der Waals surface area contributed by atoms with Crippen molar-refractivity contribution in [3.05, 3.63) is 75.7 Å². The van der Waals surface area contributed by atoms with Crippen LogP contribution < -0.4 is 8.92 Å². The number of ketones is 2. The lowest BCUT2D eigenvalue weighted by Crippen LogP contribution is -2.30. The second-order valence-corrected chi connectivity index (χ2v) is 10.9. The number of hydrogen-bond acceptors (Lipinski definition) is 7. The lowest BCUT2D eigenvalue weighted by Gasteiger charge is -2.36. The molecule has 0 unspecified atom stereocenters. The Morgan fingerprint density at radius 2 is 1.50 bits per heavy atom. The first-order valence-electron chi connectivity index (χ1n) is 12.0. The Kier molecular flexibility index (Phi) is 6.66. The second kappa shape index (κ2) is 9.75. The molecule has 0 N–H and O–H groups in total. The van der Waals surface area contributed by atoms with Gasteiger partial charge in [0, 0.05) is 47.8 Å². The van der Waals surface area contributed by atoms with E-state index in [1.807, 2.05) is 0 Å². The second-order valence-electron chi connectivity index (χ2n) is 8.89. The molecule has 36 heavy (non-hydrogen) atoms. The molecule has 9 heteroatoms. The first kappa shape index (κ1) is 24.6. The van der Waals surface area contributed by atoms with Crippen LogP contribution >= 0.6 is 11.6 Å². The van der Waals surface area contributed by atoms with Crippen LogP contribution in [0.2, 0.25) is 5.02 Å². The van der Waals surface area contributed by atoms with Crippen LogP contribution in [0.5, 0.6) is 11.5 Å². The zero-order valence-electron chi connectivity index (χ0n) is 19.7. The summed E-state index contributed by atoms with van der Waals surface area (Å²) in [5.74, 6) is 0.836. The van der Waals surface area contributed by atoms with Crippen molar-refractivity contribution in [2.45, 2.75) is 56.3 Å². The molecule has 0 spiro atoms. The summed E-state index contributed by atoms with van der Waals surface area (Å²) in [5.41, 5.74) is 1.68. The van der Waals surface area contributed by atoms with Crippen LogP contribution in [0, 0.1) is 0 Å². The van der Waals surface area contributed by atoms with Gasteiger partial charge >= 0.3 is 10.1 Å². The highest BCUT2D eigenvalue weighted by molar-refractivity contribution is 7.87. The molecule has 2 aromatic carbocycles. The number of ether oxygens (including phenoxy) is 2. The molecule has 0 atom stereocenters. The standard InChI is InChI=1S/C27H25ClO7S/c1-2-33-24-15-16(9-14-21(24)35-36(31,32)18-12-10-17(28)11-13-18)25-26-19(29)5-3-7-22(26)34-23-8-4-6-20(30)27(23)25/h9-15,25H,2-8H2,1H3. The van der Waals surface area contributed by atoms with E-state index >= 15 is 0 Å². The normalized spacial score (nSPS) is 18.5. The lowest BCUT2D eigenvalue weighted by molar-refractivity contribution is -0.117. The number of Topliss-reactive ketones (excluding diaryl/α,β-unsaturated/α-hetero) is 2. The third kappa shape index (κ3) is 4.55. The van der Waals surface area contributed by atoms with Crippen LogP contribution in [-0.2, 0) is 24.4 Å². The molecular weight excluding hydrogens is 504 g/mol. The van der Waals surface area contributed by atoms with Crippen molar-refractivity contribution in [3.63, 3.8) is 0 Å². The van der Waals surface area contributed by atoms with Crippen molar-refractivity contribution in [2.24, 2.45) is 0 Å². The van der Waals surface area contributed by atoms with Gasteiger partial charge in [-0.1, -0.05) is 17.7 Å². The van der Waals surface area contributed by atoms with E-state index in [0.29, 0.717) is 71.8 Å². The van der Waals surface area contributed by atoms with Gasteiger partial charge in [0.05, 0.1) is 6.61 Å². The molecule has 188 valence electrons. The van der Waals surface area contributed by atoms with E-state index in [1.165, 1.54) is 30.3 Å². The molecule has 0 amide bonds. The highest BCUT2D eigenvalue weighted by Gasteiger charge is 2.42. The molecule has 1 aliphatic heterocycles. The van der Waals surface area contributed by atoms with Gasteiger partial charge in [-0.15, -0.1) is 0 Å². The SMILES string of the molecule is CCOc1cc(C2C3=C(CCCC3=O)OC3=C2C(=O)CCC3)ccc1OS(=O)(=O)c1ccc(Cl)cc1. The smallest absolute Gasteiger partial charge is 0.339 e.